The second kappa shape index (κ2) is 6.01. The van der Waals surface area contributed by atoms with Gasteiger partial charge in [0.2, 0.25) is 0 Å². The van der Waals surface area contributed by atoms with Crippen LogP contribution >= 0.6 is 11.6 Å². The lowest BCUT2D eigenvalue weighted by Crippen LogP contribution is -2.22. The summed E-state index contributed by atoms with van der Waals surface area (Å²) in [6.45, 7) is 2.22. The minimum atomic E-state index is -0.183. The van der Waals surface area contributed by atoms with Crippen LogP contribution in [0.25, 0.3) is 0 Å². The van der Waals surface area contributed by atoms with Crippen LogP contribution in [0.4, 0.5) is 0 Å². The number of hydrazone groups is 1. The highest BCUT2D eigenvalue weighted by Crippen LogP contribution is 2.21. The van der Waals surface area contributed by atoms with Crippen LogP contribution < -0.4 is 5.43 Å². The van der Waals surface area contributed by atoms with E-state index in [9.17, 15) is 4.79 Å². The Morgan fingerprint density at radius 3 is 2.78 bits per heavy atom. The van der Waals surface area contributed by atoms with Gasteiger partial charge in [0.05, 0.1) is 0 Å². The Labute approximate surface area is 112 Å². The van der Waals surface area contributed by atoms with E-state index in [0.717, 1.165) is 25.0 Å². The van der Waals surface area contributed by atoms with Gasteiger partial charge >= 0.3 is 0 Å². The summed E-state index contributed by atoms with van der Waals surface area (Å²) in [6, 6.07) is 6.79. The minimum Gasteiger partial charge on any atom is -0.267 e. The Morgan fingerprint density at radius 2 is 2.11 bits per heavy atom. The number of halogens is 1. The van der Waals surface area contributed by atoms with Gasteiger partial charge in [-0.3, -0.25) is 4.79 Å². The monoisotopic (exact) mass is 264 g/mol. The van der Waals surface area contributed by atoms with Gasteiger partial charge in [-0.25, -0.2) is 5.43 Å². The fourth-order valence-electron chi connectivity index (χ4n) is 2.16. The van der Waals surface area contributed by atoms with Crippen LogP contribution in [0.2, 0.25) is 5.02 Å². The number of benzene rings is 1. The lowest BCUT2D eigenvalue weighted by Gasteiger charge is -2.18. The molecule has 96 valence electrons. The van der Waals surface area contributed by atoms with Gasteiger partial charge in [-0.2, -0.15) is 5.10 Å². The Hall–Kier alpha value is -1.35. The molecule has 1 N–H and O–H groups in total. The third-order valence-electron chi connectivity index (χ3n) is 3.17. The van der Waals surface area contributed by atoms with Crippen molar-refractivity contribution in [2.24, 2.45) is 11.0 Å². The second-order valence-electron chi connectivity index (χ2n) is 4.83. The average Bonchev–Trinajstić information content (AvgIpc) is 2.37. The molecular weight excluding hydrogens is 248 g/mol. The molecule has 1 saturated carbocycles. The molecule has 18 heavy (non-hydrogen) atoms. The molecule has 0 bridgehead atoms. The SMILES string of the molecule is C[C@H]1CCCC(=NNC(=O)c2ccc(Cl)cc2)C1. The molecule has 1 aromatic rings. The van der Waals surface area contributed by atoms with Gasteiger partial charge in [0.1, 0.15) is 0 Å². The van der Waals surface area contributed by atoms with Gasteiger partial charge in [0.25, 0.3) is 5.91 Å². The number of rotatable bonds is 2. The van der Waals surface area contributed by atoms with E-state index in [1.54, 1.807) is 24.3 Å². The maximum Gasteiger partial charge on any atom is 0.271 e. The van der Waals surface area contributed by atoms with Crippen LogP contribution in [0.3, 0.4) is 0 Å². The Balaban J connectivity index is 1.95. The smallest absolute Gasteiger partial charge is 0.267 e. The standard InChI is InChI=1S/C14H17ClN2O/c1-10-3-2-4-13(9-10)16-17-14(18)11-5-7-12(15)8-6-11/h5-8,10H,2-4,9H2,1H3,(H,17,18)/t10-/m0/s1. The highest BCUT2D eigenvalue weighted by molar-refractivity contribution is 6.30. The van der Waals surface area contributed by atoms with Gasteiger partial charge in [-0.15, -0.1) is 0 Å². The van der Waals surface area contributed by atoms with Crippen molar-refractivity contribution in [3.63, 3.8) is 0 Å². The third kappa shape index (κ3) is 3.57. The van der Waals surface area contributed by atoms with E-state index in [2.05, 4.69) is 17.5 Å². The first-order valence-corrected chi connectivity index (χ1v) is 6.64. The van der Waals surface area contributed by atoms with Crippen LogP contribution in [0.15, 0.2) is 29.4 Å². The van der Waals surface area contributed by atoms with Crippen molar-refractivity contribution in [2.75, 3.05) is 0 Å². The Kier molecular flexibility index (Phi) is 4.37. The molecule has 1 fully saturated rings. The predicted molar refractivity (Wildman–Crippen MR) is 74.0 cm³/mol. The molecule has 1 amide bonds. The average molecular weight is 265 g/mol. The van der Waals surface area contributed by atoms with Crippen molar-refractivity contribution in [2.45, 2.75) is 32.6 Å². The first-order valence-electron chi connectivity index (χ1n) is 6.26. The summed E-state index contributed by atoms with van der Waals surface area (Å²) in [4.78, 5) is 11.8. The Morgan fingerprint density at radius 1 is 1.39 bits per heavy atom. The molecule has 0 aliphatic heterocycles. The molecule has 2 rings (SSSR count). The molecule has 1 aliphatic rings. The molecule has 4 heteroatoms. The van der Waals surface area contributed by atoms with Gasteiger partial charge < -0.3 is 0 Å². The molecule has 0 spiro atoms. The lowest BCUT2D eigenvalue weighted by molar-refractivity contribution is 0.0954. The van der Waals surface area contributed by atoms with Gasteiger partial charge in [-0.05, 0) is 55.9 Å². The van der Waals surface area contributed by atoms with Crippen LogP contribution in [0.1, 0.15) is 43.0 Å². The first kappa shape index (κ1) is 13.1. The molecular formula is C14H17ClN2O. The van der Waals surface area contributed by atoms with E-state index in [4.69, 9.17) is 11.6 Å². The molecule has 3 nitrogen and oxygen atoms in total. The normalized spacial score (nSPS) is 21.9. The number of carbonyl (C=O) groups excluding carboxylic acids is 1. The number of nitrogens with zero attached hydrogens (tertiary/aromatic N) is 1. The largest absolute Gasteiger partial charge is 0.271 e. The van der Waals surface area contributed by atoms with Crippen LogP contribution in [-0.2, 0) is 0 Å². The van der Waals surface area contributed by atoms with Gasteiger partial charge in [0, 0.05) is 16.3 Å². The van der Waals surface area contributed by atoms with E-state index in [1.165, 1.54) is 6.42 Å². The van der Waals surface area contributed by atoms with Crippen molar-refractivity contribution in [1.29, 1.82) is 0 Å². The summed E-state index contributed by atoms with van der Waals surface area (Å²) in [7, 11) is 0. The number of carbonyl (C=O) groups is 1. The molecule has 0 aromatic heterocycles. The van der Waals surface area contributed by atoms with E-state index < -0.39 is 0 Å². The summed E-state index contributed by atoms with van der Waals surface area (Å²) in [5.41, 5.74) is 4.28. The number of hydrogen-bond acceptors (Lipinski definition) is 2. The summed E-state index contributed by atoms with van der Waals surface area (Å²) in [6.07, 6.45) is 4.40. The van der Waals surface area contributed by atoms with E-state index in [1.807, 2.05) is 0 Å². The fourth-order valence-corrected chi connectivity index (χ4v) is 2.28. The molecule has 1 aromatic carbocycles. The minimum absolute atomic E-state index is 0.183. The zero-order valence-corrected chi connectivity index (χ0v) is 11.2. The molecule has 0 heterocycles. The van der Waals surface area contributed by atoms with Gasteiger partial charge in [-0.1, -0.05) is 18.5 Å². The second-order valence-corrected chi connectivity index (χ2v) is 5.26. The quantitative estimate of drug-likeness (QED) is 0.814. The van der Waals surface area contributed by atoms with Gasteiger partial charge in [0.15, 0.2) is 0 Å². The van der Waals surface area contributed by atoms with Crippen molar-refractivity contribution >= 4 is 23.2 Å². The maximum atomic E-state index is 11.8. The van der Waals surface area contributed by atoms with Crippen LogP contribution in [-0.4, -0.2) is 11.6 Å². The molecule has 1 aliphatic carbocycles. The van der Waals surface area contributed by atoms with Crippen molar-refractivity contribution in [1.82, 2.24) is 5.43 Å². The van der Waals surface area contributed by atoms with Crippen molar-refractivity contribution in [3.8, 4) is 0 Å². The zero-order valence-electron chi connectivity index (χ0n) is 10.4. The molecule has 0 unspecified atom stereocenters. The van der Waals surface area contributed by atoms with Crippen LogP contribution in [0.5, 0.6) is 0 Å². The molecule has 1 atom stereocenters. The Bertz CT molecular complexity index is 453. The van der Waals surface area contributed by atoms with E-state index in [0.29, 0.717) is 16.5 Å². The topological polar surface area (TPSA) is 41.5 Å². The summed E-state index contributed by atoms with van der Waals surface area (Å²) >= 11 is 5.77. The summed E-state index contributed by atoms with van der Waals surface area (Å²) in [5.74, 6) is 0.488. The van der Waals surface area contributed by atoms with Crippen molar-refractivity contribution in [3.05, 3.63) is 34.9 Å². The summed E-state index contributed by atoms with van der Waals surface area (Å²) < 4.78 is 0. The number of nitrogens with one attached hydrogen (secondary N) is 1. The summed E-state index contributed by atoms with van der Waals surface area (Å²) in [5, 5.41) is 4.84. The lowest BCUT2D eigenvalue weighted by atomic mass is 9.89. The number of amides is 1. The van der Waals surface area contributed by atoms with Crippen molar-refractivity contribution < 1.29 is 4.79 Å². The zero-order chi connectivity index (χ0) is 13.0. The first-order chi connectivity index (χ1) is 8.65. The third-order valence-corrected chi connectivity index (χ3v) is 3.42. The van der Waals surface area contributed by atoms with E-state index in [-0.39, 0.29) is 5.91 Å². The maximum absolute atomic E-state index is 11.8. The fraction of sp³-hybridized carbons (Fsp3) is 0.429. The highest BCUT2D eigenvalue weighted by Gasteiger charge is 2.14. The molecule has 0 radical (unpaired) electrons. The van der Waals surface area contributed by atoms with E-state index >= 15 is 0 Å². The predicted octanol–water partition coefficient (Wildman–Crippen LogP) is 3.64. The van der Waals surface area contributed by atoms with Crippen LogP contribution in [0, 0.1) is 5.92 Å². The highest BCUT2D eigenvalue weighted by atomic mass is 35.5. The number of hydrogen-bond donors (Lipinski definition) is 1. The molecule has 0 saturated heterocycles.